The van der Waals surface area contributed by atoms with Gasteiger partial charge in [-0.15, -0.1) is 12.4 Å². The number of hydrazone groups is 1. The van der Waals surface area contributed by atoms with E-state index in [9.17, 15) is 0 Å². The van der Waals surface area contributed by atoms with Gasteiger partial charge >= 0.3 is 0 Å². The predicted molar refractivity (Wildman–Crippen MR) is 165 cm³/mol. The standard InChI is InChI=1S/C24H26BrClIN7O3.ClH/c1-4-37-21-18(27)10-15(11-20(21)35-3)13-28-33-23-30-22(29-19-12-17(26)14(2)9-16(19)25)31-24(32-23)34-5-7-36-8-6-34;/h9-13H,4-8H2,1-3H3,(H2,29,30,31,32,33);1H/b28-13-;. The van der Waals surface area contributed by atoms with Crippen molar-refractivity contribution < 1.29 is 14.2 Å². The number of aromatic nitrogens is 3. The molecule has 0 radical (unpaired) electrons. The number of aryl methyl sites for hydroxylation is 1. The lowest BCUT2D eigenvalue weighted by Crippen LogP contribution is -2.37. The van der Waals surface area contributed by atoms with Crippen LogP contribution in [0.4, 0.5) is 23.5 Å². The number of anilines is 4. The van der Waals surface area contributed by atoms with Crippen molar-refractivity contribution in [3.8, 4) is 11.5 Å². The van der Waals surface area contributed by atoms with E-state index in [0.717, 1.165) is 24.9 Å². The molecule has 0 amide bonds. The summed E-state index contributed by atoms with van der Waals surface area (Å²) in [4.78, 5) is 15.8. The van der Waals surface area contributed by atoms with Crippen molar-refractivity contribution in [1.82, 2.24) is 15.0 Å². The van der Waals surface area contributed by atoms with Crippen molar-refractivity contribution in [2.75, 3.05) is 55.7 Å². The van der Waals surface area contributed by atoms with Crippen LogP contribution in [0.1, 0.15) is 18.1 Å². The summed E-state index contributed by atoms with van der Waals surface area (Å²) >= 11 is 12.1. The minimum Gasteiger partial charge on any atom is -0.493 e. The molecular weight excluding hydrogens is 712 g/mol. The number of morpholine rings is 1. The molecule has 2 aromatic carbocycles. The number of hydrogen-bond donors (Lipinski definition) is 2. The lowest BCUT2D eigenvalue weighted by Gasteiger charge is -2.27. The smallest absolute Gasteiger partial charge is 0.250 e. The summed E-state index contributed by atoms with van der Waals surface area (Å²) in [5, 5.41) is 8.22. The van der Waals surface area contributed by atoms with Gasteiger partial charge in [0.2, 0.25) is 17.8 Å². The Morgan fingerprint density at radius 3 is 2.63 bits per heavy atom. The second kappa shape index (κ2) is 14.3. The fourth-order valence-electron chi connectivity index (χ4n) is 3.50. The summed E-state index contributed by atoms with van der Waals surface area (Å²) in [5.74, 6) is 2.51. The molecule has 0 atom stereocenters. The van der Waals surface area contributed by atoms with E-state index in [2.05, 4.69) is 69.3 Å². The molecule has 0 unspecified atom stereocenters. The Kier molecular flexibility index (Phi) is 11.5. The zero-order valence-electron chi connectivity index (χ0n) is 20.9. The van der Waals surface area contributed by atoms with E-state index >= 15 is 0 Å². The van der Waals surface area contributed by atoms with Crippen LogP contribution >= 0.6 is 62.5 Å². The van der Waals surface area contributed by atoms with Crippen molar-refractivity contribution in [2.24, 2.45) is 5.10 Å². The molecule has 0 aliphatic carbocycles. The first-order valence-corrected chi connectivity index (χ1v) is 13.7. The Morgan fingerprint density at radius 1 is 1.18 bits per heavy atom. The van der Waals surface area contributed by atoms with Crippen molar-refractivity contribution in [2.45, 2.75) is 13.8 Å². The fourth-order valence-corrected chi connectivity index (χ4v) is 5.00. The van der Waals surface area contributed by atoms with Crippen molar-refractivity contribution in [3.05, 3.63) is 48.5 Å². The van der Waals surface area contributed by atoms with Gasteiger partial charge in [-0.25, -0.2) is 5.43 Å². The lowest BCUT2D eigenvalue weighted by molar-refractivity contribution is 0.122. The van der Waals surface area contributed by atoms with Crippen LogP contribution in [0.15, 0.2) is 33.8 Å². The van der Waals surface area contributed by atoms with Gasteiger partial charge in [-0.1, -0.05) is 11.6 Å². The number of hydrogen-bond acceptors (Lipinski definition) is 10. The molecular formula is C24H27BrCl2IN7O3. The molecule has 2 N–H and O–H groups in total. The summed E-state index contributed by atoms with van der Waals surface area (Å²) in [6.45, 7) is 6.99. The van der Waals surface area contributed by atoms with E-state index in [0.29, 0.717) is 61.3 Å². The van der Waals surface area contributed by atoms with Gasteiger partial charge in [0.1, 0.15) is 0 Å². The van der Waals surface area contributed by atoms with Crippen LogP contribution in [-0.2, 0) is 4.74 Å². The zero-order valence-corrected chi connectivity index (χ0v) is 26.2. The van der Waals surface area contributed by atoms with E-state index in [4.69, 9.17) is 25.8 Å². The first-order chi connectivity index (χ1) is 17.9. The van der Waals surface area contributed by atoms with Crippen LogP contribution in [-0.4, -0.2) is 61.2 Å². The largest absolute Gasteiger partial charge is 0.493 e. The molecule has 0 bridgehead atoms. The molecule has 0 spiro atoms. The average molecular weight is 739 g/mol. The molecule has 204 valence electrons. The van der Waals surface area contributed by atoms with Gasteiger partial charge in [0, 0.05) is 22.6 Å². The molecule has 1 aromatic heterocycles. The SMILES string of the molecule is CCOc1c(I)cc(/C=N\Nc2nc(Nc3cc(Cl)c(C)cc3Br)nc(N3CCOCC3)n2)cc1OC.Cl. The van der Waals surface area contributed by atoms with Crippen LogP contribution in [0.2, 0.25) is 5.02 Å². The molecule has 0 saturated carbocycles. The maximum absolute atomic E-state index is 6.34. The molecule has 1 aliphatic rings. The monoisotopic (exact) mass is 737 g/mol. The maximum Gasteiger partial charge on any atom is 0.250 e. The number of benzene rings is 2. The molecule has 2 heterocycles. The Balaban J connectivity index is 0.00000400. The van der Waals surface area contributed by atoms with Crippen LogP contribution in [0.5, 0.6) is 11.5 Å². The molecule has 1 saturated heterocycles. The number of nitrogens with one attached hydrogen (secondary N) is 2. The second-order valence-corrected chi connectivity index (χ2v) is 10.3. The Bertz CT molecular complexity index is 1300. The van der Waals surface area contributed by atoms with Crippen LogP contribution in [0.3, 0.4) is 0 Å². The van der Waals surface area contributed by atoms with E-state index in [1.54, 1.807) is 13.3 Å². The fraction of sp³-hybridized carbons (Fsp3) is 0.333. The number of nitrogens with zero attached hydrogens (tertiary/aromatic N) is 5. The highest BCUT2D eigenvalue weighted by Crippen LogP contribution is 2.34. The molecule has 1 fully saturated rings. The van der Waals surface area contributed by atoms with Crippen LogP contribution in [0, 0.1) is 10.5 Å². The lowest BCUT2D eigenvalue weighted by atomic mass is 10.2. The van der Waals surface area contributed by atoms with Gasteiger partial charge in [0.05, 0.1) is 42.4 Å². The minimum atomic E-state index is 0. The molecule has 3 aromatic rings. The summed E-state index contributed by atoms with van der Waals surface area (Å²) in [6, 6.07) is 7.57. The summed E-state index contributed by atoms with van der Waals surface area (Å²) < 4.78 is 18.4. The Labute approximate surface area is 254 Å². The molecule has 38 heavy (non-hydrogen) atoms. The zero-order chi connectivity index (χ0) is 26.4. The molecule has 4 rings (SSSR count). The minimum absolute atomic E-state index is 0. The first-order valence-electron chi connectivity index (χ1n) is 11.5. The molecule has 1 aliphatic heterocycles. The average Bonchev–Trinajstić information content (AvgIpc) is 2.89. The highest BCUT2D eigenvalue weighted by Gasteiger charge is 2.17. The van der Waals surface area contributed by atoms with E-state index in [1.165, 1.54) is 0 Å². The second-order valence-electron chi connectivity index (χ2n) is 7.93. The topological polar surface area (TPSA) is 106 Å². The molecule has 14 heteroatoms. The van der Waals surface area contributed by atoms with Gasteiger partial charge in [0.25, 0.3) is 0 Å². The van der Waals surface area contributed by atoms with E-state index in [-0.39, 0.29) is 18.4 Å². The highest BCUT2D eigenvalue weighted by molar-refractivity contribution is 14.1. The highest BCUT2D eigenvalue weighted by atomic mass is 127. The summed E-state index contributed by atoms with van der Waals surface area (Å²) in [5.41, 5.74) is 5.45. The first kappa shape index (κ1) is 30.4. The molecule has 10 nitrogen and oxygen atoms in total. The van der Waals surface area contributed by atoms with E-state index < -0.39 is 0 Å². The Morgan fingerprint density at radius 2 is 1.92 bits per heavy atom. The van der Waals surface area contributed by atoms with Crippen LogP contribution in [0.25, 0.3) is 0 Å². The van der Waals surface area contributed by atoms with Gasteiger partial charge in [-0.2, -0.15) is 20.1 Å². The normalized spacial score (nSPS) is 13.3. The van der Waals surface area contributed by atoms with Crippen molar-refractivity contribution in [3.63, 3.8) is 0 Å². The quantitative estimate of drug-likeness (QED) is 0.154. The van der Waals surface area contributed by atoms with Gasteiger partial charge in [-0.05, 0) is 87.8 Å². The number of ether oxygens (including phenoxy) is 3. The predicted octanol–water partition coefficient (Wildman–Crippen LogP) is 6.06. The van der Waals surface area contributed by atoms with Crippen molar-refractivity contribution in [1.29, 1.82) is 0 Å². The summed E-state index contributed by atoms with van der Waals surface area (Å²) in [7, 11) is 1.61. The van der Waals surface area contributed by atoms with Gasteiger partial charge < -0.3 is 24.4 Å². The van der Waals surface area contributed by atoms with Gasteiger partial charge in [0.15, 0.2) is 11.5 Å². The van der Waals surface area contributed by atoms with Gasteiger partial charge in [-0.3, -0.25) is 0 Å². The summed E-state index contributed by atoms with van der Waals surface area (Å²) in [6.07, 6.45) is 1.67. The number of halogens is 4. The number of rotatable bonds is 9. The number of methoxy groups -OCH3 is 1. The van der Waals surface area contributed by atoms with Crippen molar-refractivity contribution >= 4 is 92.3 Å². The Hall–Kier alpha value is -2.13. The maximum atomic E-state index is 6.34. The van der Waals surface area contributed by atoms with Crippen LogP contribution < -0.4 is 25.1 Å². The third-order valence-electron chi connectivity index (χ3n) is 5.33. The third-order valence-corrected chi connectivity index (χ3v) is 7.20. The third kappa shape index (κ3) is 7.72. The van der Waals surface area contributed by atoms with E-state index in [1.807, 2.05) is 43.0 Å².